The molecule has 0 spiro atoms. The minimum atomic E-state index is -0.401. The smallest absolute Gasteiger partial charge is 0.258 e. The summed E-state index contributed by atoms with van der Waals surface area (Å²) >= 11 is 1.22. The van der Waals surface area contributed by atoms with Crippen molar-refractivity contribution in [3.63, 3.8) is 0 Å². The van der Waals surface area contributed by atoms with Crippen LogP contribution in [0.1, 0.15) is 15.4 Å². The van der Waals surface area contributed by atoms with Crippen LogP contribution in [0.2, 0.25) is 0 Å². The number of ether oxygens (including phenoxy) is 1. The van der Waals surface area contributed by atoms with Gasteiger partial charge in [0.25, 0.3) is 5.91 Å². The van der Waals surface area contributed by atoms with E-state index in [2.05, 4.69) is 20.5 Å². The third kappa shape index (κ3) is 2.87. The molecule has 0 bridgehead atoms. The largest absolute Gasteiger partial charge is 0.377 e. The number of pyridine rings is 1. The number of aromatic amines is 1. The van der Waals surface area contributed by atoms with Crippen molar-refractivity contribution in [2.45, 2.75) is 6.61 Å². The average molecular weight is 316 g/mol. The molecule has 0 saturated carbocycles. The third-order valence-electron chi connectivity index (χ3n) is 2.95. The predicted octanol–water partition coefficient (Wildman–Crippen LogP) is 1.78. The summed E-state index contributed by atoms with van der Waals surface area (Å²) in [7, 11) is 1.56. The van der Waals surface area contributed by atoms with Gasteiger partial charge in [-0.05, 0) is 6.07 Å². The van der Waals surface area contributed by atoms with Crippen molar-refractivity contribution in [1.82, 2.24) is 15.2 Å². The molecule has 1 amide bonds. The van der Waals surface area contributed by atoms with E-state index in [0.717, 1.165) is 0 Å². The van der Waals surface area contributed by atoms with Gasteiger partial charge in [-0.3, -0.25) is 14.9 Å². The molecule has 3 rings (SSSR count). The number of rotatable bonds is 4. The summed E-state index contributed by atoms with van der Waals surface area (Å²) in [5, 5.41) is 12.1. The van der Waals surface area contributed by atoms with E-state index in [-0.39, 0.29) is 5.56 Å². The van der Waals surface area contributed by atoms with Crippen LogP contribution in [0, 0.1) is 0 Å². The Labute approximate surface area is 129 Å². The molecule has 0 aliphatic rings. The second-order valence-corrected chi connectivity index (χ2v) is 5.54. The van der Waals surface area contributed by atoms with Gasteiger partial charge in [-0.15, -0.1) is 10.2 Å². The fourth-order valence-corrected chi connectivity index (χ4v) is 2.75. The van der Waals surface area contributed by atoms with Gasteiger partial charge in [0.05, 0.1) is 5.56 Å². The quantitative estimate of drug-likeness (QED) is 0.764. The van der Waals surface area contributed by atoms with Gasteiger partial charge < -0.3 is 9.72 Å². The van der Waals surface area contributed by atoms with Gasteiger partial charge >= 0.3 is 0 Å². The Morgan fingerprint density at radius 2 is 2.18 bits per heavy atom. The minimum Gasteiger partial charge on any atom is -0.377 e. The molecule has 8 heteroatoms. The maximum absolute atomic E-state index is 12.4. The van der Waals surface area contributed by atoms with Crippen LogP contribution in [0.4, 0.5) is 5.13 Å². The highest BCUT2D eigenvalue weighted by Crippen LogP contribution is 2.19. The van der Waals surface area contributed by atoms with Gasteiger partial charge in [-0.1, -0.05) is 29.5 Å². The van der Waals surface area contributed by atoms with Gasteiger partial charge in [-0.2, -0.15) is 0 Å². The number of anilines is 1. The number of benzene rings is 1. The van der Waals surface area contributed by atoms with Crippen molar-refractivity contribution in [2.24, 2.45) is 0 Å². The number of H-pyrrole nitrogens is 1. The fraction of sp³-hybridized carbons (Fsp3) is 0.143. The van der Waals surface area contributed by atoms with E-state index in [9.17, 15) is 9.59 Å². The monoisotopic (exact) mass is 316 g/mol. The zero-order valence-electron chi connectivity index (χ0n) is 11.6. The Kier molecular flexibility index (Phi) is 3.94. The number of nitrogens with zero attached hydrogens (tertiary/aromatic N) is 2. The van der Waals surface area contributed by atoms with Crippen LogP contribution in [-0.2, 0) is 11.3 Å². The molecule has 0 atom stereocenters. The standard InChI is InChI=1S/C14H12N4O3S/c1-21-7-12-17-18-14(22-12)16-13(20)9-6-11(19)15-10-5-3-2-4-8(9)10/h2-6H,7H2,1H3,(H,15,19)(H,16,18,20). The van der Waals surface area contributed by atoms with E-state index < -0.39 is 5.91 Å². The summed E-state index contributed by atoms with van der Waals surface area (Å²) in [4.78, 5) is 26.8. The van der Waals surface area contributed by atoms with Crippen molar-refractivity contribution >= 4 is 33.3 Å². The summed E-state index contributed by atoms with van der Waals surface area (Å²) in [6.07, 6.45) is 0. The number of para-hydroxylation sites is 1. The van der Waals surface area contributed by atoms with E-state index in [0.29, 0.717) is 33.2 Å². The van der Waals surface area contributed by atoms with Crippen molar-refractivity contribution in [3.05, 3.63) is 51.3 Å². The molecular weight excluding hydrogens is 304 g/mol. The van der Waals surface area contributed by atoms with Crippen LogP contribution in [0.3, 0.4) is 0 Å². The number of amides is 1. The summed E-state index contributed by atoms with van der Waals surface area (Å²) in [6.45, 7) is 0.335. The lowest BCUT2D eigenvalue weighted by atomic mass is 10.1. The summed E-state index contributed by atoms with van der Waals surface area (Å²) in [5.74, 6) is -0.401. The van der Waals surface area contributed by atoms with Crippen LogP contribution in [0.25, 0.3) is 10.9 Å². The maximum Gasteiger partial charge on any atom is 0.258 e. The first-order chi connectivity index (χ1) is 10.7. The summed E-state index contributed by atoms with van der Waals surface area (Å²) in [5.41, 5.74) is 0.571. The topological polar surface area (TPSA) is 97.0 Å². The van der Waals surface area contributed by atoms with E-state index in [1.54, 1.807) is 31.4 Å². The first kappa shape index (κ1) is 14.4. The lowest BCUT2D eigenvalue weighted by Crippen LogP contribution is -2.16. The van der Waals surface area contributed by atoms with Gasteiger partial charge in [0.1, 0.15) is 11.6 Å². The number of fused-ring (bicyclic) bond motifs is 1. The van der Waals surface area contributed by atoms with Crippen LogP contribution >= 0.6 is 11.3 Å². The number of carbonyl (C=O) groups is 1. The Balaban J connectivity index is 1.93. The Morgan fingerprint density at radius 1 is 1.36 bits per heavy atom. The van der Waals surface area contributed by atoms with Crippen molar-refractivity contribution < 1.29 is 9.53 Å². The highest BCUT2D eigenvalue weighted by molar-refractivity contribution is 7.15. The SMILES string of the molecule is COCc1nnc(NC(=O)c2cc(=O)[nH]c3ccccc23)s1. The molecule has 2 heterocycles. The van der Waals surface area contributed by atoms with Crippen molar-refractivity contribution in [2.75, 3.05) is 12.4 Å². The predicted molar refractivity (Wildman–Crippen MR) is 83.1 cm³/mol. The zero-order chi connectivity index (χ0) is 15.5. The molecule has 0 radical (unpaired) electrons. The van der Waals surface area contributed by atoms with Gasteiger partial charge in [0.2, 0.25) is 10.7 Å². The zero-order valence-corrected chi connectivity index (χ0v) is 12.4. The first-order valence-electron chi connectivity index (χ1n) is 6.42. The molecule has 22 heavy (non-hydrogen) atoms. The van der Waals surface area contributed by atoms with E-state index >= 15 is 0 Å². The molecule has 112 valence electrons. The number of carbonyl (C=O) groups excluding carboxylic acids is 1. The molecule has 2 N–H and O–H groups in total. The maximum atomic E-state index is 12.4. The summed E-state index contributed by atoms with van der Waals surface area (Å²) < 4.78 is 4.95. The van der Waals surface area contributed by atoms with Crippen molar-refractivity contribution in [1.29, 1.82) is 0 Å². The average Bonchev–Trinajstić information content (AvgIpc) is 2.94. The Morgan fingerprint density at radius 3 is 3.00 bits per heavy atom. The number of aromatic nitrogens is 3. The van der Waals surface area contributed by atoms with Crippen LogP contribution in [0.15, 0.2) is 35.1 Å². The number of methoxy groups -OCH3 is 1. The summed E-state index contributed by atoms with van der Waals surface area (Å²) in [6, 6.07) is 8.39. The van der Waals surface area contributed by atoms with E-state index in [1.165, 1.54) is 17.4 Å². The first-order valence-corrected chi connectivity index (χ1v) is 7.24. The number of hydrogen-bond acceptors (Lipinski definition) is 6. The minimum absolute atomic E-state index is 0.294. The van der Waals surface area contributed by atoms with Crippen molar-refractivity contribution in [3.8, 4) is 0 Å². The molecule has 1 aromatic carbocycles. The molecule has 0 aliphatic carbocycles. The van der Waals surface area contributed by atoms with E-state index in [4.69, 9.17) is 4.74 Å². The molecular formula is C14H12N4O3S. The highest BCUT2D eigenvalue weighted by Gasteiger charge is 2.14. The highest BCUT2D eigenvalue weighted by atomic mass is 32.1. The van der Waals surface area contributed by atoms with Crippen LogP contribution < -0.4 is 10.9 Å². The molecule has 0 unspecified atom stereocenters. The lowest BCUT2D eigenvalue weighted by molar-refractivity contribution is 0.102. The Bertz CT molecular complexity index is 887. The molecule has 0 aliphatic heterocycles. The molecule has 3 aromatic rings. The van der Waals surface area contributed by atoms with Gasteiger partial charge in [0, 0.05) is 24.1 Å². The number of nitrogens with one attached hydrogen (secondary N) is 2. The molecule has 0 fully saturated rings. The van der Waals surface area contributed by atoms with Crippen LogP contribution in [-0.4, -0.2) is 28.2 Å². The lowest BCUT2D eigenvalue weighted by Gasteiger charge is -2.05. The van der Waals surface area contributed by atoms with Gasteiger partial charge in [0.15, 0.2) is 0 Å². The molecule has 0 saturated heterocycles. The number of hydrogen-bond donors (Lipinski definition) is 2. The molecule has 2 aromatic heterocycles. The van der Waals surface area contributed by atoms with E-state index in [1.807, 2.05) is 0 Å². The molecule has 7 nitrogen and oxygen atoms in total. The fourth-order valence-electron chi connectivity index (χ4n) is 2.04. The van der Waals surface area contributed by atoms with Gasteiger partial charge in [-0.25, -0.2) is 0 Å². The third-order valence-corrected chi connectivity index (χ3v) is 3.76. The second kappa shape index (κ2) is 6.04. The Hall–Kier alpha value is -2.58. The normalized spacial score (nSPS) is 10.8. The second-order valence-electron chi connectivity index (χ2n) is 4.48. The van der Waals surface area contributed by atoms with Crippen LogP contribution in [0.5, 0.6) is 0 Å².